The summed E-state index contributed by atoms with van der Waals surface area (Å²) in [5.41, 5.74) is 15.1. The molecule has 3 unspecified atom stereocenters. The molecule has 48 heavy (non-hydrogen) atoms. The Hall–Kier alpha value is -5.32. The van der Waals surface area contributed by atoms with Crippen LogP contribution < -0.4 is 4.90 Å². The summed E-state index contributed by atoms with van der Waals surface area (Å²) in [6, 6.07) is 20.1. The normalized spacial score (nSPS) is 24.2. The number of anilines is 1. The molecule has 1 aromatic heterocycles. The Labute approximate surface area is 283 Å². The minimum atomic E-state index is 0.188. The predicted molar refractivity (Wildman–Crippen MR) is 195 cm³/mol. The summed E-state index contributed by atoms with van der Waals surface area (Å²) in [7, 11) is 0. The zero-order chi connectivity index (χ0) is 32.2. The Morgan fingerprint density at radius 1 is 0.792 bits per heavy atom. The van der Waals surface area contributed by atoms with E-state index in [0.717, 1.165) is 61.4 Å². The van der Waals surface area contributed by atoms with Crippen LogP contribution in [0, 0.1) is 28.6 Å². The molecule has 0 saturated heterocycles. The maximum atomic E-state index is 9.96. The molecule has 0 fully saturated rings. The maximum absolute atomic E-state index is 9.96. The van der Waals surface area contributed by atoms with Gasteiger partial charge in [0.15, 0.2) is 0 Å². The SMILES string of the molecule is N#CC1=CC=C(n2c3c(c4cc(C#N)ccc42)C(C2=CC=CCC2c2ccccc2N2C4=CCCCC4C4=C2CCC=C4)CC=C3)CC1. The zero-order valence-electron chi connectivity index (χ0n) is 27.2. The van der Waals surface area contributed by atoms with Crippen LogP contribution in [0.1, 0.15) is 92.0 Å². The molecule has 0 radical (unpaired) electrons. The molecule has 3 aromatic rings. The Balaban J connectivity index is 1.19. The van der Waals surface area contributed by atoms with E-state index in [1.165, 1.54) is 58.0 Å². The van der Waals surface area contributed by atoms with Gasteiger partial charge in [-0.05, 0) is 117 Å². The molecule has 0 spiro atoms. The minimum Gasteiger partial charge on any atom is -0.317 e. The summed E-state index contributed by atoms with van der Waals surface area (Å²) in [5.74, 6) is 0.946. The average molecular weight is 623 g/mol. The predicted octanol–water partition coefficient (Wildman–Crippen LogP) is 10.9. The molecule has 2 heterocycles. The van der Waals surface area contributed by atoms with Gasteiger partial charge in [0.2, 0.25) is 0 Å². The lowest BCUT2D eigenvalue weighted by Gasteiger charge is -2.35. The Bertz CT molecular complexity index is 2210. The maximum Gasteiger partial charge on any atom is 0.0991 e. The van der Waals surface area contributed by atoms with Crippen molar-refractivity contribution in [3.8, 4) is 12.1 Å². The van der Waals surface area contributed by atoms with Crippen molar-refractivity contribution in [3.63, 3.8) is 0 Å². The fraction of sp³-hybridized carbons (Fsp3) is 0.273. The first-order chi connectivity index (χ1) is 23.7. The van der Waals surface area contributed by atoms with Gasteiger partial charge in [-0.25, -0.2) is 0 Å². The molecule has 0 N–H and O–H groups in total. The average Bonchev–Trinajstić information content (AvgIpc) is 3.67. The van der Waals surface area contributed by atoms with Crippen LogP contribution >= 0.6 is 0 Å². The van der Waals surface area contributed by atoms with Gasteiger partial charge in [0.25, 0.3) is 0 Å². The summed E-state index contributed by atoms with van der Waals surface area (Å²) in [6.45, 7) is 0. The number of hydrogen-bond donors (Lipinski definition) is 0. The van der Waals surface area contributed by atoms with Crippen molar-refractivity contribution in [2.45, 2.75) is 69.6 Å². The third kappa shape index (κ3) is 4.47. The van der Waals surface area contributed by atoms with E-state index < -0.39 is 0 Å². The topological polar surface area (TPSA) is 55.8 Å². The van der Waals surface area contributed by atoms with E-state index in [4.69, 9.17) is 0 Å². The van der Waals surface area contributed by atoms with Crippen molar-refractivity contribution in [2.75, 3.05) is 4.90 Å². The third-order valence-corrected chi connectivity index (χ3v) is 11.4. The third-order valence-electron chi connectivity index (χ3n) is 11.4. The molecule has 9 rings (SSSR count). The lowest BCUT2D eigenvalue weighted by molar-refractivity contribution is 0.589. The second-order valence-electron chi connectivity index (χ2n) is 13.9. The first-order valence-electron chi connectivity index (χ1n) is 17.7. The highest BCUT2D eigenvalue weighted by Crippen LogP contribution is 2.53. The minimum absolute atomic E-state index is 0.188. The van der Waals surface area contributed by atoms with Crippen molar-refractivity contribution in [2.24, 2.45) is 5.92 Å². The quantitative estimate of drug-likeness (QED) is 0.291. The molecule has 0 saturated carbocycles. The highest BCUT2D eigenvalue weighted by Gasteiger charge is 2.40. The fourth-order valence-corrected chi connectivity index (χ4v) is 9.28. The number of allylic oxidation sites excluding steroid dienone is 14. The molecule has 2 aromatic carbocycles. The molecule has 1 aliphatic heterocycles. The van der Waals surface area contributed by atoms with Crippen LogP contribution in [0.2, 0.25) is 0 Å². The Kier molecular flexibility index (Phi) is 7.05. The molecule has 5 aliphatic carbocycles. The second-order valence-corrected chi connectivity index (χ2v) is 13.9. The summed E-state index contributed by atoms with van der Waals surface area (Å²) in [6.07, 6.45) is 32.3. The summed E-state index contributed by atoms with van der Waals surface area (Å²) < 4.78 is 2.39. The van der Waals surface area contributed by atoms with Crippen LogP contribution in [0.15, 0.2) is 125 Å². The molecule has 0 amide bonds. The van der Waals surface area contributed by atoms with Gasteiger partial charge < -0.3 is 9.47 Å². The van der Waals surface area contributed by atoms with Crippen molar-refractivity contribution in [1.29, 1.82) is 10.5 Å². The Morgan fingerprint density at radius 3 is 2.58 bits per heavy atom. The summed E-state index contributed by atoms with van der Waals surface area (Å²) in [5, 5.41) is 20.6. The van der Waals surface area contributed by atoms with Crippen LogP contribution in [0.5, 0.6) is 0 Å². The van der Waals surface area contributed by atoms with E-state index in [0.29, 0.717) is 11.5 Å². The van der Waals surface area contributed by atoms with Gasteiger partial charge in [-0.15, -0.1) is 0 Å². The molecular formula is C44H38N4. The van der Waals surface area contributed by atoms with E-state index in [-0.39, 0.29) is 11.8 Å². The van der Waals surface area contributed by atoms with Gasteiger partial charge in [0, 0.05) is 57.2 Å². The van der Waals surface area contributed by atoms with Gasteiger partial charge in [0.05, 0.1) is 23.2 Å². The van der Waals surface area contributed by atoms with Crippen molar-refractivity contribution in [1.82, 2.24) is 4.57 Å². The molecule has 6 aliphatic rings. The van der Waals surface area contributed by atoms with E-state index in [2.05, 4.69) is 113 Å². The largest absolute Gasteiger partial charge is 0.317 e. The first-order valence-corrected chi connectivity index (χ1v) is 17.7. The van der Waals surface area contributed by atoms with E-state index in [1.54, 1.807) is 5.57 Å². The van der Waals surface area contributed by atoms with Crippen LogP contribution in [0.4, 0.5) is 5.69 Å². The van der Waals surface area contributed by atoms with Gasteiger partial charge in [-0.3, -0.25) is 0 Å². The second kappa shape index (κ2) is 11.7. The molecule has 3 atom stereocenters. The highest BCUT2D eigenvalue weighted by atomic mass is 15.2. The lowest BCUT2D eigenvalue weighted by Crippen LogP contribution is -2.24. The number of hydrogen-bond acceptors (Lipinski definition) is 3. The van der Waals surface area contributed by atoms with Crippen LogP contribution in [-0.4, -0.2) is 4.57 Å². The first kappa shape index (κ1) is 28.9. The van der Waals surface area contributed by atoms with E-state index in [1.807, 2.05) is 12.1 Å². The molecule has 4 nitrogen and oxygen atoms in total. The van der Waals surface area contributed by atoms with Gasteiger partial charge in [-0.1, -0.05) is 66.3 Å². The van der Waals surface area contributed by atoms with Crippen molar-refractivity contribution in [3.05, 3.63) is 148 Å². The zero-order valence-corrected chi connectivity index (χ0v) is 27.2. The number of fused-ring (bicyclic) bond motifs is 5. The van der Waals surface area contributed by atoms with Gasteiger partial charge >= 0.3 is 0 Å². The van der Waals surface area contributed by atoms with Crippen LogP contribution in [0.25, 0.3) is 22.7 Å². The molecule has 234 valence electrons. The monoisotopic (exact) mass is 622 g/mol. The van der Waals surface area contributed by atoms with Crippen molar-refractivity contribution >= 4 is 28.4 Å². The number of rotatable bonds is 4. The number of aromatic nitrogens is 1. The number of para-hydroxylation sites is 1. The van der Waals surface area contributed by atoms with E-state index >= 15 is 0 Å². The summed E-state index contributed by atoms with van der Waals surface area (Å²) in [4.78, 5) is 2.66. The summed E-state index contributed by atoms with van der Waals surface area (Å²) >= 11 is 0. The van der Waals surface area contributed by atoms with E-state index in [9.17, 15) is 10.5 Å². The lowest BCUT2D eigenvalue weighted by atomic mass is 9.73. The molecule has 4 heteroatoms. The van der Waals surface area contributed by atoms with Crippen LogP contribution in [-0.2, 0) is 0 Å². The smallest absolute Gasteiger partial charge is 0.0991 e. The molecule has 0 bridgehead atoms. The number of nitrogens with zero attached hydrogens (tertiary/aromatic N) is 4. The standard InChI is InChI=1S/C44H38N4/c45-27-29-20-23-31(24-21-29)47-42-25-22-30(28-46)26-38(42)44-37(15-9-19-43(44)47)33-11-2-1-10-32(33)34-12-3-6-16-39(34)48-40-17-7-4-13-35(40)36-14-5-8-18-41(36)48/h1-4,6,9,11-13,16,18-20,22-23,25-26,32,36-37H,5,7-8,10,14-15,17,21,24H2. The van der Waals surface area contributed by atoms with Crippen LogP contribution in [0.3, 0.4) is 0 Å². The number of nitriles is 2. The molecular weight excluding hydrogens is 585 g/mol. The fourth-order valence-electron chi connectivity index (χ4n) is 9.28. The number of benzene rings is 2. The van der Waals surface area contributed by atoms with Crippen molar-refractivity contribution < 1.29 is 0 Å². The Morgan fingerprint density at radius 2 is 1.71 bits per heavy atom. The van der Waals surface area contributed by atoms with Gasteiger partial charge in [-0.2, -0.15) is 10.5 Å². The van der Waals surface area contributed by atoms with Gasteiger partial charge in [0.1, 0.15) is 0 Å². The highest BCUT2D eigenvalue weighted by molar-refractivity contribution is 5.94.